The lowest BCUT2D eigenvalue weighted by Gasteiger charge is -2.33. The van der Waals surface area contributed by atoms with E-state index in [0.29, 0.717) is 24.2 Å². The number of fused-ring (bicyclic) bond motifs is 1. The largest absolute Gasteiger partial charge is 0.363 e. The van der Waals surface area contributed by atoms with E-state index in [-0.39, 0.29) is 18.1 Å². The van der Waals surface area contributed by atoms with Crippen LogP contribution in [0.1, 0.15) is 40.3 Å². The van der Waals surface area contributed by atoms with Crippen molar-refractivity contribution >= 4 is 17.2 Å². The highest BCUT2D eigenvalue weighted by Gasteiger charge is 2.42. The summed E-state index contributed by atoms with van der Waals surface area (Å²) in [6.07, 6.45) is 1.79. The average Bonchev–Trinajstić information content (AvgIpc) is 3.25. The third-order valence-electron chi connectivity index (χ3n) is 4.39. The molecule has 0 N–H and O–H groups in total. The maximum absolute atomic E-state index is 12.4. The van der Waals surface area contributed by atoms with Gasteiger partial charge in [-0.05, 0) is 37.1 Å². The number of thiophene rings is 1. The van der Waals surface area contributed by atoms with E-state index in [0.717, 1.165) is 24.3 Å². The van der Waals surface area contributed by atoms with E-state index in [1.54, 1.807) is 6.92 Å². The fourth-order valence-corrected chi connectivity index (χ4v) is 3.96. The molecule has 1 amide bonds. The number of ether oxygens (including phenoxy) is 1. The molecule has 4 rings (SSSR count). The molecule has 4 heterocycles. The average molecular weight is 319 g/mol. The van der Waals surface area contributed by atoms with Crippen LogP contribution in [0, 0.1) is 12.8 Å². The number of rotatable bonds is 2. The predicted molar refractivity (Wildman–Crippen MR) is 79.6 cm³/mol. The van der Waals surface area contributed by atoms with Crippen molar-refractivity contribution in [1.82, 2.24) is 15.0 Å². The molecule has 0 saturated carbocycles. The first kappa shape index (κ1) is 13.9. The molecule has 2 saturated heterocycles. The molecule has 0 unspecified atom stereocenters. The van der Waals surface area contributed by atoms with Crippen molar-refractivity contribution in [2.24, 2.45) is 5.92 Å². The van der Waals surface area contributed by atoms with Gasteiger partial charge in [0.05, 0.1) is 11.0 Å². The number of likely N-dealkylation sites (tertiary alicyclic amines) is 1. The molecule has 3 atom stereocenters. The van der Waals surface area contributed by atoms with Gasteiger partial charge in [-0.25, -0.2) is 0 Å². The first-order valence-electron chi connectivity index (χ1n) is 7.49. The van der Waals surface area contributed by atoms with Crippen molar-refractivity contribution < 1.29 is 14.1 Å². The number of piperidine rings is 1. The van der Waals surface area contributed by atoms with Crippen molar-refractivity contribution in [2.45, 2.75) is 32.0 Å². The van der Waals surface area contributed by atoms with Crippen LogP contribution in [-0.4, -0.2) is 40.1 Å². The van der Waals surface area contributed by atoms with Gasteiger partial charge in [0.15, 0.2) is 5.82 Å². The zero-order valence-electron chi connectivity index (χ0n) is 12.3. The van der Waals surface area contributed by atoms with Crippen LogP contribution in [-0.2, 0) is 4.74 Å². The van der Waals surface area contributed by atoms with Gasteiger partial charge in [-0.2, -0.15) is 4.98 Å². The summed E-state index contributed by atoms with van der Waals surface area (Å²) in [5.41, 5.74) is 0. The molecule has 2 aromatic heterocycles. The summed E-state index contributed by atoms with van der Waals surface area (Å²) in [4.78, 5) is 19.4. The fourth-order valence-electron chi connectivity index (χ4n) is 3.27. The van der Waals surface area contributed by atoms with Crippen LogP contribution in [0.2, 0.25) is 0 Å². The Morgan fingerprint density at radius 2 is 2.41 bits per heavy atom. The summed E-state index contributed by atoms with van der Waals surface area (Å²) in [6, 6.07) is 3.78. The van der Waals surface area contributed by atoms with Crippen LogP contribution in [0.3, 0.4) is 0 Å². The van der Waals surface area contributed by atoms with E-state index < -0.39 is 0 Å². The van der Waals surface area contributed by atoms with E-state index in [1.807, 2.05) is 22.4 Å². The van der Waals surface area contributed by atoms with Crippen LogP contribution in [0.5, 0.6) is 0 Å². The number of nitrogens with zero attached hydrogens (tertiary/aromatic N) is 3. The van der Waals surface area contributed by atoms with Gasteiger partial charge in [0, 0.05) is 13.1 Å². The number of aromatic nitrogens is 2. The zero-order chi connectivity index (χ0) is 15.1. The number of hydrogen-bond acceptors (Lipinski definition) is 6. The first-order chi connectivity index (χ1) is 10.7. The first-order valence-corrected chi connectivity index (χ1v) is 8.37. The molecular formula is C15H17N3O3S. The van der Waals surface area contributed by atoms with Crippen LogP contribution < -0.4 is 0 Å². The molecule has 6 nitrogen and oxygen atoms in total. The quantitative estimate of drug-likeness (QED) is 0.850. The summed E-state index contributed by atoms with van der Waals surface area (Å²) in [7, 11) is 0. The van der Waals surface area contributed by atoms with Crippen molar-refractivity contribution in [2.75, 3.05) is 13.1 Å². The number of aryl methyl sites for hydroxylation is 1. The van der Waals surface area contributed by atoms with Crippen molar-refractivity contribution in [1.29, 1.82) is 0 Å². The highest BCUT2D eigenvalue weighted by molar-refractivity contribution is 7.12. The number of hydrogen-bond donors (Lipinski definition) is 0. The second kappa shape index (κ2) is 5.48. The molecule has 22 heavy (non-hydrogen) atoms. The number of amides is 1. The van der Waals surface area contributed by atoms with Gasteiger partial charge in [-0.3, -0.25) is 4.79 Å². The second-order valence-electron chi connectivity index (χ2n) is 5.86. The molecule has 116 valence electrons. The summed E-state index contributed by atoms with van der Waals surface area (Å²) in [5, 5.41) is 5.76. The Hall–Kier alpha value is -1.73. The van der Waals surface area contributed by atoms with Gasteiger partial charge >= 0.3 is 0 Å². The van der Waals surface area contributed by atoms with Gasteiger partial charge in [-0.15, -0.1) is 11.3 Å². The Morgan fingerprint density at radius 1 is 1.50 bits per heavy atom. The van der Waals surface area contributed by atoms with Gasteiger partial charge < -0.3 is 14.2 Å². The smallest absolute Gasteiger partial charge is 0.264 e. The lowest BCUT2D eigenvalue weighted by Crippen LogP contribution is -2.45. The molecule has 2 fully saturated rings. The van der Waals surface area contributed by atoms with E-state index in [2.05, 4.69) is 10.1 Å². The molecule has 0 aliphatic carbocycles. The van der Waals surface area contributed by atoms with Gasteiger partial charge in [-0.1, -0.05) is 11.2 Å². The van der Waals surface area contributed by atoms with Crippen molar-refractivity contribution in [3.05, 3.63) is 34.1 Å². The SMILES string of the molecule is Cc1noc([C@@H]2C[C@H]3CCN(C(=O)c4cccs4)C[C@@H]3O2)n1. The number of carbonyl (C=O) groups excluding carboxylic acids is 1. The molecule has 0 radical (unpaired) electrons. The molecule has 7 heteroatoms. The third-order valence-corrected chi connectivity index (χ3v) is 5.25. The Bertz CT molecular complexity index is 669. The van der Waals surface area contributed by atoms with Crippen LogP contribution in [0.15, 0.2) is 22.0 Å². The maximum Gasteiger partial charge on any atom is 0.264 e. The van der Waals surface area contributed by atoms with E-state index in [9.17, 15) is 4.79 Å². The van der Waals surface area contributed by atoms with Crippen molar-refractivity contribution in [3.63, 3.8) is 0 Å². The topological polar surface area (TPSA) is 68.5 Å². The lowest BCUT2D eigenvalue weighted by atomic mass is 9.91. The van der Waals surface area contributed by atoms with Crippen LogP contribution in [0.25, 0.3) is 0 Å². The Kier molecular flexibility index (Phi) is 3.46. The molecule has 2 aliphatic rings. The van der Waals surface area contributed by atoms with Crippen LogP contribution >= 0.6 is 11.3 Å². The second-order valence-corrected chi connectivity index (χ2v) is 6.80. The zero-order valence-corrected chi connectivity index (χ0v) is 13.1. The normalized spacial score (nSPS) is 27.9. The Balaban J connectivity index is 1.44. The van der Waals surface area contributed by atoms with Gasteiger partial charge in [0.2, 0.25) is 0 Å². The summed E-state index contributed by atoms with van der Waals surface area (Å²) < 4.78 is 11.3. The lowest BCUT2D eigenvalue weighted by molar-refractivity contribution is -0.0136. The molecule has 0 spiro atoms. The minimum absolute atomic E-state index is 0.0647. The highest BCUT2D eigenvalue weighted by atomic mass is 32.1. The van der Waals surface area contributed by atoms with Crippen molar-refractivity contribution in [3.8, 4) is 0 Å². The third kappa shape index (κ3) is 2.44. The molecular weight excluding hydrogens is 302 g/mol. The number of carbonyl (C=O) groups is 1. The minimum Gasteiger partial charge on any atom is -0.363 e. The standard InChI is InChI=1S/C15H17N3O3S/c1-9-16-14(21-17-9)11-7-10-4-5-18(8-12(10)20-11)15(19)13-3-2-6-22-13/h2-3,6,10-12H,4-5,7-8H2,1H3/t10-,11+,12+/m1/s1. The van der Waals surface area contributed by atoms with Crippen LogP contribution in [0.4, 0.5) is 0 Å². The van der Waals surface area contributed by atoms with Gasteiger partial charge in [0.1, 0.15) is 6.10 Å². The summed E-state index contributed by atoms with van der Waals surface area (Å²) >= 11 is 1.48. The van der Waals surface area contributed by atoms with E-state index >= 15 is 0 Å². The fraction of sp³-hybridized carbons (Fsp3) is 0.533. The van der Waals surface area contributed by atoms with E-state index in [1.165, 1.54) is 11.3 Å². The highest BCUT2D eigenvalue weighted by Crippen LogP contribution is 2.40. The molecule has 0 bridgehead atoms. The van der Waals surface area contributed by atoms with E-state index in [4.69, 9.17) is 9.26 Å². The predicted octanol–water partition coefficient (Wildman–Crippen LogP) is 2.43. The Morgan fingerprint density at radius 3 is 3.14 bits per heavy atom. The minimum atomic E-state index is -0.131. The molecule has 0 aromatic carbocycles. The summed E-state index contributed by atoms with van der Waals surface area (Å²) in [6.45, 7) is 3.23. The maximum atomic E-state index is 12.4. The Labute approximate surface area is 132 Å². The molecule has 2 aromatic rings. The molecule has 2 aliphatic heterocycles. The van der Waals surface area contributed by atoms with Gasteiger partial charge in [0.25, 0.3) is 11.8 Å². The summed E-state index contributed by atoms with van der Waals surface area (Å²) in [5.74, 6) is 1.75. The monoisotopic (exact) mass is 319 g/mol.